The van der Waals surface area contributed by atoms with Gasteiger partial charge in [-0.25, -0.2) is 0 Å². The van der Waals surface area contributed by atoms with Crippen molar-refractivity contribution in [3.05, 3.63) is 51.8 Å². The van der Waals surface area contributed by atoms with Gasteiger partial charge in [-0.1, -0.05) is 29.3 Å². The van der Waals surface area contributed by atoms with Crippen LogP contribution in [0.2, 0.25) is 10.0 Å². The molecule has 0 radical (unpaired) electrons. The largest absolute Gasteiger partial charge is 0.397 e. The monoisotopic (exact) mass is 311 g/mol. The number of nitrogens with zero attached hydrogens (tertiary/aromatic N) is 1. The first-order valence-electron chi connectivity index (χ1n) is 6.06. The van der Waals surface area contributed by atoms with Gasteiger partial charge in [-0.3, -0.25) is 4.79 Å². The number of aromatic amines is 1. The van der Waals surface area contributed by atoms with Crippen LogP contribution in [0, 0.1) is 0 Å². The highest BCUT2D eigenvalue weighted by Gasteiger charge is 2.21. The van der Waals surface area contributed by atoms with Crippen molar-refractivity contribution in [3.63, 3.8) is 0 Å². The summed E-state index contributed by atoms with van der Waals surface area (Å²) >= 11 is 12.1. The molecule has 0 aliphatic carbocycles. The van der Waals surface area contributed by atoms with E-state index in [0.717, 1.165) is 5.56 Å². The molecule has 0 saturated heterocycles. The lowest BCUT2D eigenvalue weighted by Gasteiger charge is -2.25. The molecule has 0 aliphatic rings. The van der Waals surface area contributed by atoms with E-state index < -0.39 is 0 Å². The lowest BCUT2D eigenvalue weighted by molar-refractivity contribution is 0.0737. The molecule has 2 aromatic rings. The second-order valence-corrected chi connectivity index (χ2v) is 5.45. The van der Waals surface area contributed by atoms with E-state index in [1.165, 1.54) is 0 Å². The van der Waals surface area contributed by atoms with Gasteiger partial charge in [-0.15, -0.1) is 0 Å². The topological polar surface area (TPSA) is 62.1 Å². The zero-order valence-electron chi connectivity index (χ0n) is 11.2. The van der Waals surface area contributed by atoms with Crippen molar-refractivity contribution < 1.29 is 4.79 Å². The molecule has 20 heavy (non-hydrogen) atoms. The number of nitrogen functional groups attached to an aromatic ring is 1. The van der Waals surface area contributed by atoms with Crippen molar-refractivity contribution in [2.75, 3.05) is 12.8 Å². The van der Waals surface area contributed by atoms with Crippen molar-refractivity contribution in [1.29, 1.82) is 0 Å². The number of hydrogen-bond donors (Lipinski definition) is 2. The van der Waals surface area contributed by atoms with E-state index in [-0.39, 0.29) is 11.9 Å². The normalized spacial score (nSPS) is 12.2. The summed E-state index contributed by atoms with van der Waals surface area (Å²) in [7, 11) is 1.72. The summed E-state index contributed by atoms with van der Waals surface area (Å²) in [5, 5.41) is 1.10. The summed E-state index contributed by atoms with van der Waals surface area (Å²) in [5.41, 5.74) is 7.42. The SMILES string of the molecule is CC(c1ccc(Cl)cc1Cl)N(C)C(=O)c1cc(N)c[nH]1. The number of rotatable bonds is 3. The Labute approximate surface area is 127 Å². The second kappa shape index (κ2) is 5.77. The smallest absolute Gasteiger partial charge is 0.270 e. The average Bonchev–Trinajstić information content (AvgIpc) is 2.83. The molecule has 1 heterocycles. The molecule has 1 amide bonds. The quantitative estimate of drug-likeness (QED) is 0.907. The van der Waals surface area contributed by atoms with E-state index >= 15 is 0 Å². The number of hydrogen-bond acceptors (Lipinski definition) is 2. The predicted octanol–water partition coefficient (Wildman–Crippen LogP) is 3.74. The molecule has 1 aromatic carbocycles. The minimum Gasteiger partial charge on any atom is -0.397 e. The van der Waals surface area contributed by atoms with Gasteiger partial charge in [0.05, 0.1) is 6.04 Å². The van der Waals surface area contributed by atoms with Crippen LogP contribution in [0.25, 0.3) is 0 Å². The van der Waals surface area contributed by atoms with Crippen molar-refractivity contribution in [2.45, 2.75) is 13.0 Å². The first-order chi connectivity index (χ1) is 9.40. The molecule has 1 aromatic heterocycles. The zero-order valence-corrected chi connectivity index (χ0v) is 12.7. The molecule has 0 aliphatic heterocycles. The molecular formula is C14H15Cl2N3O. The van der Waals surface area contributed by atoms with Gasteiger partial charge in [0.2, 0.25) is 0 Å². The minimum atomic E-state index is -0.184. The molecule has 0 bridgehead atoms. The van der Waals surface area contributed by atoms with Gasteiger partial charge in [0.25, 0.3) is 5.91 Å². The van der Waals surface area contributed by atoms with E-state index in [2.05, 4.69) is 4.98 Å². The fourth-order valence-electron chi connectivity index (χ4n) is 1.95. The fraction of sp³-hybridized carbons (Fsp3) is 0.214. The van der Waals surface area contributed by atoms with Gasteiger partial charge in [-0.05, 0) is 30.7 Å². The van der Waals surface area contributed by atoms with Crippen LogP contribution in [-0.4, -0.2) is 22.8 Å². The number of nitrogens with one attached hydrogen (secondary N) is 1. The number of benzene rings is 1. The molecule has 0 saturated carbocycles. The summed E-state index contributed by atoms with van der Waals surface area (Å²) in [6, 6.07) is 6.66. The highest BCUT2D eigenvalue weighted by molar-refractivity contribution is 6.35. The van der Waals surface area contributed by atoms with Crippen LogP contribution >= 0.6 is 23.2 Å². The van der Waals surface area contributed by atoms with Gasteiger partial charge >= 0.3 is 0 Å². The molecule has 4 nitrogen and oxygen atoms in total. The third-order valence-electron chi connectivity index (χ3n) is 3.25. The first kappa shape index (κ1) is 14.8. The Morgan fingerprint density at radius 1 is 1.35 bits per heavy atom. The third kappa shape index (κ3) is 2.92. The molecule has 2 rings (SSSR count). The van der Waals surface area contributed by atoms with Crippen molar-refractivity contribution in [2.24, 2.45) is 0 Å². The standard InChI is InChI=1S/C14H15Cl2N3O/c1-8(11-4-3-9(15)5-12(11)16)19(2)14(20)13-6-10(17)7-18-13/h3-8,18H,17H2,1-2H3. The Kier molecular flexibility index (Phi) is 4.26. The van der Waals surface area contributed by atoms with Gasteiger partial charge in [0.1, 0.15) is 5.69 Å². The Morgan fingerprint density at radius 2 is 2.05 bits per heavy atom. The highest BCUT2D eigenvalue weighted by Crippen LogP contribution is 2.29. The Balaban J connectivity index is 2.24. The number of anilines is 1. The molecule has 3 N–H and O–H groups in total. The maximum absolute atomic E-state index is 12.3. The Morgan fingerprint density at radius 3 is 2.60 bits per heavy atom. The van der Waals surface area contributed by atoms with Crippen LogP contribution in [0.4, 0.5) is 5.69 Å². The van der Waals surface area contributed by atoms with E-state index in [9.17, 15) is 4.79 Å². The van der Waals surface area contributed by atoms with Gasteiger partial charge in [0, 0.05) is 29.0 Å². The lowest BCUT2D eigenvalue weighted by atomic mass is 10.1. The highest BCUT2D eigenvalue weighted by atomic mass is 35.5. The minimum absolute atomic E-state index is 0.153. The maximum atomic E-state index is 12.3. The van der Waals surface area contributed by atoms with Crippen molar-refractivity contribution >= 4 is 34.8 Å². The number of amides is 1. The number of carbonyl (C=O) groups is 1. The molecule has 106 valence electrons. The molecule has 1 unspecified atom stereocenters. The van der Waals surface area contributed by atoms with E-state index in [1.54, 1.807) is 36.3 Å². The second-order valence-electron chi connectivity index (χ2n) is 4.60. The molecule has 0 fully saturated rings. The number of nitrogens with two attached hydrogens (primary N) is 1. The van der Waals surface area contributed by atoms with Crippen molar-refractivity contribution in [1.82, 2.24) is 9.88 Å². The van der Waals surface area contributed by atoms with E-state index in [1.807, 2.05) is 13.0 Å². The molecule has 0 spiro atoms. The van der Waals surface area contributed by atoms with Gasteiger partial charge in [-0.2, -0.15) is 0 Å². The third-order valence-corrected chi connectivity index (χ3v) is 3.81. The predicted molar refractivity (Wildman–Crippen MR) is 82.2 cm³/mol. The van der Waals surface area contributed by atoms with Crippen LogP contribution in [0.5, 0.6) is 0 Å². The van der Waals surface area contributed by atoms with Crippen LogP contribution < -0.4 is 5.73 Å². The summed E-state index contributed by atoms with van der Waals surface area (Å²) in [6.45, 7) is 1.90. The molecule has 6 heteroatoms. The first-order valence-corrected chi connectivity index (χ1v) is 6.81. The van der Waals surface area contributed by atoms with Crippen LogP contribution in [0.3, 0.4) is 0 Å². The number of H-pyrrole nitrogens is 1. The molecule has 1 atom stereocenters. The van der Waals surface area contributed by atoms with Crippen molar-refractivity contribution in [3.8, 4) is 0 Å². The average molecular weight is 312 g/mol. The van der Waals surface area contributed by atoms with E-state index in [4.69, 9.17) is 28.9 Å². The van der Waals surface area contributed by atoms with Crippen LogP contribution in [0.1, 0.15) is 29.0 Å². The summed E-state index contributed by atoms with van der Waals surface area (Å²) in [5.74, 6) is -0.153. The zero-order chi connectivity index (χ0) is 14.9. The summed E-state index contributed by atoms with van der Waals surface area (Å²) in [6.07, 6.45) is 1.58. The van der Waals surface area contributed by atoms with Crippen LogP contribution in [-0.2, 0) is 0 Å². The lowest BCUT2D eigenvalue weighted by Crippen LogP contribution is -2.30. The van der Waals surface area contributed by atoms with Crippen LogP contribution in [0.15, 0.2) is 30.5 Å². The Bertz CT molecular complexity index is 639. The maximum Gasteiger partial charge on any atom is 0.270 e. The summed E-state index contributed by atoms with van der Waals surface area (Å²) in [4.78, 5) is 16.8. The van der Waals surface area contributed by atoms with Gasteiger partial charge in [0.15, 0.2) is 0 Å². The van der Waals surface area contributed by atoms with E-state index in [0.29, 0.717) is 21.4 Å². The number of carbonyl (C=O) groups excluding carboxylic acids is 1. The number of halogens is 2. The number of aromatic nitrogens is 1. The Hall–Kier alpha value is -1.65. The summed E-state index contributed by atoms with van der Waals surface area (Å²) < 4.78 is 0. The fourth-order valence-corrected chi connectivity index (χ4v) is 2.52. The molecular weight excluding hydrogens is 297 g/mol. The van der Waals surface area contributed by atoms with Gasteiger partial charge < -0.3 is 15.6 Å².